The Bertz CT molecular complexity index is 1200. The Balaban J connectivity index is 2.18. The van der Waals surface area contributed by atoms with E-state index in [1.165, 1.54) is 263 Å². The highest BCUT2D eigenvalue weighted by Gasteiger charge is 2.44. The molecule has 11 nitrogen and oxygen atoms in total. The number of rotatable bonds is 59. The molecule has 0 aromatic carbocycles. The lowest BCUT2D eigenvalue weighted by Crippen LogP contribution is -2.60. The fraction of sp³-hybridized carbons (Fsp3) is 0.985. The maximum atomic E-state index is 13.2. The molecule has 0 saturated carbocycles. The van der Waals surface area contributed by atoms with E-state index in [2.05, 4.69) is 19.2 Å². The zero-order valence-corrected chi connectivity index (χ0v) is 50.0. The van der Waals surface area contributed by atoms with Crippen molar-refractivity contribution in [2.45, 2.75) is 396 Å². The summed E-state index contributed by atoms with van der Waals surface area (Å²) in [5.74, 6) is -0.688. The van der Waals surface area contributed by atoms with Crippen LogP contribution in [-0.2, 0) is 14.3 Å². The number of hydrogen-bond donors (Lipinski definition) is 8. The molecule has 8 N–H and O–H groups in total. The first kappa shape index (κ1) is 73.1. The largest absolute Gasteiger partial charge is 0.394 e. The Hall–Kier alpha value is -0.890. The first-order valence-corrected chi connectivity index (χ1v) is 33.4. The van der Waals surface area contributed by atoms with Crippen LogP contribution in [0.3, 0.4) is 0 Å². The molecule has 1 aliphatic rings. The smallest absolute Gasteiger partial charge is 0.249 e. The molecule has 1 saturated heterocycles. The monoisotopic (exact) mass is 1080 g/mol. The number of nitrogens with one attached hydrogen (secondary N) is 1. The minimum absolute atomic E-state index is 0.267. The molecular formula is C65H129NO10. The molecular weight excluding hydrogens is 955 g/mol. The Morgan fingerprint density at radius 1 is 0.408 bits per heavy atom. The van der Waals surface area contributed by atoms with Crippen LogP contribution in [0.4, 0.5) is 0 Å². The van der Waals surface area contributed by atoms with Crippen molar-refractivity contribution in [1.82, 2.24) is 5.32 Å². The quantitative estimate of drug-likeness (QED) is 0.0272. The van der Waals surface area contributed by atoms with Crippen molar-refractivity contribution in [3.8, 4) is 0 Å². The van der Waals surface area contributed by atoms with Crippen LogP contribution in [0.1, 0.15) is 341 Å². The molecule has 9 unspecified atom stereocenters. The third kappa shape index (κ3) is 42.0. The number of aliphatic hydroxyl groups excluding tert-OH is 7. The van der Waals surface area contributed by atoms with Gasteiger partial charge in [-0.25, -0.2) is 0 Å². The molecule has 0 radical (unpaired) electrons. The van der Waals surface area contributed by atoms with Crippen molar-refractivity contribution >= 4 is 5.91 Å². The van der Waals surface area contributed by atoms with Gasteiger partial charge in [0.1, 0.15) is 36.6 Å². The summed E-state index contributed by atoms with van der Waals surface area (Å²) in [7, 11) is 0. The van der Waals surface area contributed by atoms with Gasteiger partial charge < -0.3 is 50.5 Å². The van der Waals surface area contributed by atoms with Crippen molar-refractivity contribution in [2.24, 2.45) is 0 Å². The van der Waals surface area contributed by atoms with E-state index >= 15 is 0 Å². The van der Waals surface area contributed by atoms with Gasteiger partial charge in [0.05, 0.1) is 25.4 Å². The van der Waals surface area contributed by atoms with E-state index in [-0.39, 0.29) is 6.42 Å². The number of aliphatic hydroxyl groups is 7. The van der Waals surface area contributed by atoms with Crippen LogP contribution in [0.5, 0.6) is 0 Å². The minimum Gasteiger partial charge on any atom is -0.394 e. The summed E-state index contributed by atoms with van der Waals surface area (Å²) in [6, 6.07) is -1.16. The van der Waals surface area contributed by atoms with E-state index < -0.39 is 74.2 Å². The molecule has 0 aromatic heterocycles. The second-order valence-electron chi connectivity index (χ2n) is 23.9. The predicted octanol–water partition coefficient (Wildman–Crippen LogP) is 15.3. The lowest BCUT2D eigenvalue weighted by molar-refractivity contribution is -0.303. The van der Waals surface area contributed by atoms with Crippen LogP contribution in [0.2, 0.25) is 0 Å². The number of unbranched alkanes of at least 4 members (excludes halogenated alkanes) is 47. The second-order valence-corrected chi connectivity index (χ2v) is 23.9. The number of ether oxygens (including phenoxy) is 2. The third-order valence-electron chi connectivity index (χ3n) is 16.7. The number of hydrogen-bond acceptors (Lipinski definition) is 10. The zero-order valence-electron chi connectivity index (χ0n) is 50.0. The van der Waals surface area contributed by atoms with Gasteiger partial charge in [0, 0.05) is 0 Å². The molecule has 1 rings (SSSR count). The van der Waals surface area contributed by atoms with Crippen molar-refractivity contribution < 1.29 is 50.0 Å². The number of carbonyl (C=O) groups is 1. The zero-order chi connectivity index (χ0) is 55.4. The van der Waals surface area contributed by atoms with E-state index in [1.807, 2.05) is 0 Å². The summed E-state index contributed by atoms with van der Waals surface area (Å²) in [5, 5.41) is 76.4. The highest BCUT2D eigenvalue weighted by atomic mass is 16.7. The molecule has 11 heteroatoms. The summed E-state index contributed by atoms with van der Waals surface area (Å²) in [6.07, 6.45) is 53.2. The molecule has 1 heterocycles. The Morgan fingerprint density at radius 3 is 0.974 bits per heavy atom. The van der Waals surface area contributed by atoms with Crippen LogP contribution in [0.25, 0.3) is 0 Å². The molecule has 1 aliphatic heterocycles. The normalized spacial score (nSPS) is 19.5. The van der Waals surface area contributed by atoms with Gasteiger partial charge >= 0.3 is 0 Å². The van der Waals surface area contributed by atoms with Gasteiger partial charge in [0.2, 0.25) is 5.91 Å². The summed E-state index contributed by atoms with van der Waals surface area (Å²) >= 11 is 0. The van der Waals surface area contributed by atoms with Crippen molar-refractivity contribution in [1.29, 1.82) is 0 Å². The second kappa shape index (κ2) is 54.7. The van der Waals surface area contributed by atoms with E-state index in [1.54, 1.807) is 0 Å². The lowest BCUT2D eigenvalue weighted by atomic mass is 9.98. The summed E-state index contributed by atoms with van der Waals surface area (Å²) in [4.78, 5) is 13.2. The lowest BCUT2D eigenvalue weighted by Gasteiger charge is -2.40. The van der Waals surface area contributed by atoms with E-state index in [0.717, 1.165) is 38.5 Å². The van der Waals surface area contributed by atoms with Crippen LogP contribution >= 0.6 is 0 Å². The van der Waals surface area contributed by atoms with E-state index in [0.29, 0.717) is 19.3 Å². The average Bonchev–Trinajstić information content (AvgIpc) is 3.42. The molecule has 1 amide bonds. The van der Waals surface area contributed by atoms with Crippen molar-refractivity contribution in [3.05, 3.63) is 0 Å². The average molecular weight is 1080 g/mol. The van der Waals surface area contributed by atoms with E-state index in [4.69, 9.17) is 9.47 Å². The topological polar surface area (TPSA) is 189 Å². The predicted molar refractivity (Wildman–Crippen MR) is 316 cm³/mol. The van der Waals surface area contributed by atoms with Gasteiger partial charge in [0.25, 0.3) is 0 Å². The first-order valence-electron chi connectivity index (χ1n) is 33.4. The summed E-state index contributed by atoms with van der Waals surface area (Å²) in [6.45, 7) is 3.51. The van der Waals surface area contributed by atoms with Crippen LogP contribution in [0.15, 0.2) is 0 Å². The van der Waals surface area contributed by atoms with Crippen molar-refractivity contribution in [3.63, 3.8) is 0 Å². The van der Waals surface area contributed by atoms with Gasteiger partial charge in [-0.3, -0.25) is 4.79 Å². The molecule has 0 spiro atoms. The van der Waals surface area contributed by atoms with Crippen LogP contribution in [0, 0.1) is 0 Å². The van der Waals surface area contributed by atoms with Crippen molar-refractivity contribution in [2.75, 3.05) is 13.2 Å². The fourth-order valence-electron chi connectivity index (χ4n) is 11.3. The molecule has 1 fully saturated rings. The highest BCUT2D eigenvalue weighted by molar-refractivity contribution is 5.80. The Morgan fingerprint density at radius 2 is 0.684 bits per heavy atom. The van der Waals surface area contributed by atoms with Gasteiger partial charge in [-0.15, -0.1) is 0 Å². The molecule has 0 aromatic rings. The Kier molecular flexibility index (Phi) is 52.6. The SMILES string of the molecule is CCCCCCCCCCCCCCCCCCCCCCCCCCCCCCCCCC(O)C(=O)NC(COC1OC(CO)C(O)C(O)C1O)C(O)C(O)CCCCCCCCCCCCCCCCCCCC. The summed E-state index contributed by atoms with van der Waals surface area (Å²) in [5.41, 5.74) is 0. The number of carbonyl (C=O) groups excluding carboxylic acids is 1. The first-order chi connectivity index (χ1) is 37.2. The van der Waals surface area contributed by atoms with Crippen LogP contribution in [-0.4, -0.2) is 110 Å². The number of amides is 1. The summed E-state index contributed by atoms with van der Waals surface area (Å²) < 4.78 is 11.2. The molecule has 76 heavy (non-hydrogen) atoms. The van der Waals surface area contributed by atoms with Gasteiger partial charge in [-0.05, 0) is 12.8 Å². The van der Waals surface area contributed by atoms with Gasteiger partial charge in [0.15, 0.2) is 6.29 Å². The maximum absolute atomic E-state index is 13.2. The van der Waals surface area contributed by atoms with Crippen LogP contribution < -0.4 is 5.32 Å². The third-order valence-corrected chi connectivity index (χ3v) is 16.7. The fourth-order valence-corrected chi connectivity index (χ4v) is 11.3. The standard InChI is InChI=1S/C65H129NO10/c1-3-5-7-9-11-13-15-17-19-21-23-24-25-26-27-28-29-30-31-32-33-34-35-37-39-41-43-45-47-49-51-53-58(69)64(74)66-56(55-75-65-63(73)62(72)61(71)59(54-67)76-65)60(70)57(68)52-50-48-46-44-42-40-38-36-22-20-18-16-14-12-10-8-6-4-2/h56-63,65,67-73H,3-55H2,1-2H3,(H,66,74). The Labute approximate surface area is 469 Å². The minimum atomic E-state index is -1.66. The van der Waals surface area contributed by atoms with E-state index in [9.17, 15) is 40.5 Å². The highest BCUT2D eigenvalue weighted by Crippen LogP contribution is 2.24. The van der Waals surface area contributed by atoms with Gasteiger partial charge in [-0.1, -0.05) is 328 Å². The van der Waals surface area contributed by atoms with Gasteiger partial charge in [-0.2, -0.15) is 0 Å². The molecule has 454 valence electrons. The molecule has 9 atom stereocenters. The molecule has 0 aliphatic carbocycles. The molecule has 0 bridgehead atoms. The maximum Gasteiger partial charge on any atom is 0.249 e.